The van der Waals surface area contributed by atoms with E-state index in [0.717, 1.165) is 31.2 Å². The largest absolute Gasteiger partial charge is 0.395 e. The molecule has 0 spiro atoms. The van der Waals surface area contributed by atoms with Crippen LogP contribution < -0.4 is 21.7 Å². The Morgan fingerprint density at radius 1 is 1.21 bits per heavy atom. The Balaban J connectivity index is 1.62. The summed E-state index contributed by atoms with van der Waals surface area (Å²) >= 11 is 0. The molecular formula is C22H31N7O4. The molecule has 0 saturated heterocycles. The molecule has 3 rings (SSSR count). The van der Waals surface area contributed by atoms with Crippen molar-refractivity contribution in [1.29, 1.82) is 0 Å². The number of aliphatic hydroxyl groups is 1. The molecule has 1 heterocycles. The number of aromatic nitrogens is 2. The van der Waals surface area contributed by atoms with E-state index < -0.39 is 4.92 Å². The Morgan fingerprint density at radius 2 is 1.97 bits per heavy atom. The fourth-order valence-electron chi connectivity index (χ4n) is 3.91. The topological polar surface area (TPSA) is 168 Å². The molecule has 178 valence electrons. The van der Waals surface area contributed by atoms with E-state index >= 15 is 0 Å². The lowest BCUT2D eigenvalue weighted by Crippen LogP contribution is -2.26. The molecule has 11 heteroatoms. The molecule has 1 aromatic heterocycles. The summed E-state index contributed by atoms with van der Waals surface area (Å²) in [5, 5.41) is 29.1. The lowest BCUT2D eigenvalue weighted by atomic mass is 9.82. The summed E-state index contributed by atoms with van der Waals surface area (Å²) < 4.78 is 0. The van der Waals surface area contributed by atoms with Crippen LogP contribution in [0.4, 0.5) is 17.5 Å². The number of carbonyl (C=O) groups excluding carboxylic acids is 1. The molecule has 0 aliphatic heterocycles. The summed E-state index contributed by atoms with van der Waals surface area (Å²) in [4.78, 5) is 31.4. The molecule has 0 unspecified atom stereocenters. The maximum Gasteiger partial charge on any atom is 0.329 e. The van der Waals surface area contributed by atoms with Gasteiger partial charge in [0.05, 0.1) is 11.5 Å². The number of hydrogen-bond acceptors (Lipinski definition) is 9. The van der Waals surface area contributed by atoms with Crippen molar-refractivity contribution in [3.63, 3.8) is 0 Å². The predicted molar refractivity (Wildman–Crippen MR) is 125 cm³/mol. The highest BCUT2D eigenvalue weighted by molar-refractivity contribution is 5.94. The van der Waals surface area contributed by atoms with Crippen LogP contribution in [-0.2, 0) is 6.54 Å². The minimum absolute atomic E-state index is 0.129. The van der Waals surface area contributed by atoms with Crippen LogP contribution in [0.15, 0.2) is 30.5 Å². The van der Waals surface area contributed by atoms with Crippen LogP contribution in [0.2, 0.25) is 0 Å². The molecule has 1 saturated carbocycles. The van der Waals surface area contributed by atoms with Gasteiger partial charge in [0.25, 0.3) is 5.91 Å². The van der Waals surface area contributed by atoms with Crippen molar-refractivity contribution in [2.75, 3.05) is 36.9 Å². The van der Waals surface area contributed by atoms with E-state index in [9.17, 15) is 14.9 Å². The molecule has 0 bridgehead atoms. The average Bonchev–Trinajstić information content (AvgIpc) is 2.85. The van der Waals surface area contributed by atoms with E-state index in [1.807, 2.05) is 6.07 Å². The molecule has 0 radical (unpaired) electrons. The molecule has 33 heavy (non-hydrogen) atoms. The van der Waals surface area contributed by atoms with E-state index in [1.54, 1.807) is 18.2 Å². The maximum atomic E-state index is 12.1. The standard InChI is InChI=1S/C22H31N7O4/c23-11-15-4-6-16(7-5-15)12-25-20-19(29(32)33)14-27-22(28-20)26-13-17-2-1-3-18(10-17)21(31)24-8-9-30/h1-3,10,14-16,30H,4-9,11-13,23H2,(H,24,31)(H2,25,26,27,28)/t15-,16-. The van der Waals surface area contributed by atoms with Crippen molar-refractivity contribution in [3.05, 3.63) is 51.7 Å². The fraction of sp³-hybridized carbons (Fsp3) is 0.500. The summed E-state index contributed by atoms with van der Waals surface area (Å²) in [6, 6.07) is 7.01. The lowest BCUT2D eigenvalue weighted by molar-refractivity contribution is -0.384. The third-order valence-corrected chi connectivity index (χ3v) is 5.86. The second-order valence-electron chi connectivity index (χ2n) is 8.22. The van der Waals surface area contributed by atoms with Gasteiger partial charge in [-0.25, -0.2) is 4.98 Å². The second kappa shape index (κ2) is 12.1. The zero-order valence-electron chi connectivity index (χ0n) is 18.5. The van der Waals surface area contributed by atoms with Crippen LogP contribution in [0.25, 0.3) is 0 Å². The van der Waals surface area contributed by atoms with Crippen LogP contribution in [-0.4, -0.2) is 52.1 Å². The molecule has 1 aromatic carbocycles. The number of hydrogen-bond donors (Lipinski definition) is 5. The van der Waals surface area contributed by atoms with Crippen molar-refractivity contribution in [2.45, 2.75) is 32.2 Å². The summed E-state index contributed by atoms with van der Waals surface area (Å²) in [5.41, 5.74) is 6.88. The number of nitrogens with one attached hydrogen (secondary N) is 3. The molecule has 1 amide bonds. The monoisotopic (exact) mass is 457 g/mol. The van der Waals surface area contributed by atoms with E-state index in [2.05, 4.69) is 25.9 Å². The van der Waals surface area contributed by atoms with Crippen molar-refractivity contribution in [1.82, 2.24) is 15.3 Å². The number of nitrogens with two attached hydrogens (primary N) is 1. The molecule has 2 aromatic rings. The van der Waals surface area contributed by atoms with Gasteiger partial charge in [-0.3, -0.25) is 14.9 Å². The SMILES string of the molecule is NC[C@H]1CC[C@H](CNc2nc(NCc3cccc(C(=O)NCCO)c3)ncc2[N+](=O)[O-])CC1. The number of amides is 1. The Labute approximate surface area is 192 Å². The minimum atomic E-state index is -0.494. The minimum Gasteiger partial charge on any atom is -0.395 e. The lowest BCUT2D eigenvalue weighted by Gasteiger charge is -2.27. The van der Waals surface area contributed by atoms with Crippen LogP contribution in [0.1, 0.15) is 41.6 Å². The average molecular weight is 458 g/mol. The third-order valence-electron chi connectivity index (χ3n) is 5.86. The van der Waals surface area contributed by atoms with Crippen LogP contribution >= 0.6 is 0 Å². The van der Waals surface area contributed by atoms with Gasteiger partial charge < -0.3 is 26.8 Å². The zero-order valence-corrected chi connectivity index (χ0v) is 18.5. The second-order valence-corrected chi connectivity index (χ2v) is 8.22. The van der Waals surface area contributed by atoms with Crippen LogP contribution in [0.5, 0.6) is 0 Å². The van der Waals surface area contributed by atoms with Gasteiger partial charge in [-0.15, -0.1) is 0 Å². The number of nitrogens with zero attached hydrogens (tertiary/aromatic N) is 3. The first-order chi connectivity index (χ1) is 16.0. The number of benzene rings is 1. The van der Waals surface area contributed by atoms with Crippen molar-refractivity contribution < 1.29 is 14.8 Å². The van der Waals surface area contributed by atoms with Crippen LogP contribution in [0.3, 0.4) is 0 Å². The van der Waals surface area contributed by atoms with Crippen molar-refractivity contribution >= 4 is 23.4 Å². The first kappa shape index (κ1) is 24.3. The first-order valence-corrected chi connectivity index (χ1v) is 11.2. The van der Waals surface area contributed by atoms with Gasteiger partial charge in [0, 0.05) is 25.2 Å². The molecule has 0 atom stereocenters. The number of nitro groups is 1. The Bertz CT molecular complexity index is 948. The third kappa shape index (κ3) is 7.09. The van der Waals surface area contributed by atoms with Gasteiger partial charge >= 0.3 is 5.69 Å². The van der Waals surface area contributed by atoms with E-state index in [1.165, 1.54) is 6.20 Å². The van der Waals surface area contributed by atoms with Crippen LogP contribution in [0, 0.1) is 22.0 Å². The quantitative estimate of drug-likeness (QED) is 0.250. The first-order valence-electron chi connectivity index (χ1n) is 11.2. The maximum absolute atomic E-state index is 12.1. The number of anilines is 2. The zero-order chi connectivity index (χ0) is 23.6. The highest BCUT2D eigenvalue weighted by atomic mass is 16.6. The van der Waals surface area contributed by atoms with E-state index in [4.69, 9.17) is 10.8 Å². The number of aliphatic hydroxyl groups excluding tert-OH is 1. The van der Waals surface area contributed by atoms with Gasteiger partial charge in [0.2, 0.25) is 11.8 Å². The molecule has 6 N–H and O–H groups in total. The van der Waals surface area contributed by atoms with Crippen molar-refractivity contribution in [2.24, 2.45) is 17.6 Å². The Morgan fingerprint density at radius 3 is 2.67 bits per heavy atom. The summed E-state index contributed by atoms with van der Waals surface area (Å²) in [5.74, 6) is 1.17. The number of rotatable bonds is 11. The van der Waals surface area contributed by atoms with E-state index in [-0.39, 0.29) is 36.5 Å². The van der Waals surface area contributed by atoms with Gasteiger partial charge in [-0.05, 0) is 61.8 Å². The van der Waals surface area contributed by atoms with Crippen molar-refractivity contribution in [3.8, 4) is 0 Å². The normalized spacial score (nSPS) is 17.9. The predicted octanol–water partition coefficient (Wildman–Crippen LogP) is 1.90. The Hall–Kier alpha value is -3.31. The van der Waals surface area contributed by atoms with Gasteiger partial charge in [0.15, 0.2) is 0 Å². The summed E-state index contributed by atoms with van der Waals surface area (Å²) in [6.45, 7) is 1.71. The molecule has 1 aliphatic rings. The van der Waals surface area contributed by atoms with Gasteiger partial charge in [-0.2, -0.15) is 4.98 Å². The highest BCUT2D eigenvalue weighted by Gasteiger charge is 2.22. The Kier molecular flexibility index (Phi) is 8.90. The highest BCUT2D eigenvalue weighted by Crippen LogP contribution is 2.29. The van der Waals surface area contributed by atoms with E-state index in [0.29, 0.717) is 37.0 Å². The molecular weight excluding hydrogens is 426 g/mol. The van der Waals surface area contributed by atoms with Gasteiger partial charge in [-0.1, -0.05) is 12.1 Å². The molecule has 11 nitrogen and oxygen atoms in total. The fourth-order valence-corrected chi connectivity index (χ4v) is 3.91. The molecule has 1 aliphatic carbocycles. The number of carbonyl (C=O) groups is 1. The molecule has 1 fully saturated rings. The summed E-state index contributed by atoms with van der Waals surface area (Å²) in [7, 11) is 0. The van der Waals surface area contributed by atoms with Gasteiger partial charge in [0.1, 0.15) is 6.20 Å². The summed E-state index contributed by atoms with van der Waals surface area (Å²) in [6.07, 6.45) is 5.45. The smallest absolute Gasteiger partial charge is 0.329 e.